The Balaban J connectivity index is 2.26. The van der Waals surface area contributed by atoms with Crippen LogP contribution in [-0.4, -0.2) is 10.2 Å². The lowest BCUT2D eigenvalue weighted by Crippen LogP contribution is -2.09. The Labute approximate surface area is 109 Å². The quantitative estimate of drug-likeness (QED) is 0.920. The average molecular weight is 265 g/mol. The van der Waals surface area contributed by atoms with Crippen LogP contribution in [0.3, 0.4) is 0 Å². The van der Waals surface area contributed by atoms with E-state index in [0.29, 0.717) is 0 Å². The topological polar surface area (TPSA) is 51.8 Å². The molecule has 0 aliphatic carbocycles. The first-order valence-corrected chi connectivity index (χ1v) is 7.16. The molecular formula is C12H15N3S2. The highest BCUT2D eigenvalue weighted by atomic mass is 32.2. The Hall–Kier alpha value is -0.910. The molecule has 1 aromatic carbocycles. The molecule has 3 nitrogen and oxygen atoms in total. The number of nitrogens with zero attached hydrogens (tertiary/aromatic N) is 2. The number of aromatic nitrogens is 2. The number of hydrogen-bond acceptors (Lipinski definition) is 5. The first-order valence-electron chi connectivity index (χ1n) is 5.53. The van der Waals surface area contributed by atoms with E-state index in [9.17, 15) is 0 Å². The predicted octanol–water partition coefficient (Wildman–Crippen LogP) is 3.41. The smallest absolute Gasteiger partial charge is 0.179 e. The maximum atomic E-state index is 6.11. The van der Waals surface area contributed by atoms with Crippen LogP contribution in [0, 0.1) is 6.92 Å². The van der Waals surface area contributed by atoms with E-state index in [2.05, 4.69) is 29.3 Å². The van der Waals surface area contributed by atoms with Gasteiger partial charge in [0.15, 0.2) is 4.34 Å². The maximum Gasteiger partial charge on any atom is 0.179 e. The van der Waals surface area contributed by atoms with Gasteiger partial charge in [0.25, 0.3) is 0 Å². The maximum absolute atomic E-state index is 6.11. The van der Waals surface area contributed by atoms with Gasteiger partial charge >= 0.3 is 0 Å². The third-order valence-electron chi connectivity index (χ3n) is 2.46. The van der Waals surface area contributed by atoms with Gasteiger partial charge < -0.3 is 5.73 Å². The van der Waals surface area contributed by atoms with Crippen LogP contribution in [-0.2, 0) is 0 Å². The molecule has 0 saturated heterocycles. The fourth-order valence-corrected chi connectivity index (χ4v) is 3.48. The highest BCUT2D eigenvalue weighted by molar-refractivity contribution is 8.01. The van der Waals surface area contributed by atoms with Crippen molar-refractivity contribution in [2.75, 3.05) is 0 Å². The summed E-state index contributed by atoms with van der Waals surface area (Å²) < 4.78 is 0.971. The molecule has 90 valence electrons. The van der Waals surface area contributed by atoms with E-state index >= 15 is 0 Å². The highest BCUT2D eigenvalue weighted by Gasteiger charge is 2.11. The molecule has 17 heavy (non-hydrogen) atoms. The molecule has 1 aromatic heterocycles. The second-order valence-corrected chi connectivity index (χ2v) is 6.21. The van der Waals surface area contributed by atoms with E-state index in [4.69, 9.17) is 5.73 Å². The summed E-state index contributed by atoms with van der Waals surface area (Å²) in [7, 11) is 0. The molecule has 0 aliphatic heterocycles. The van der Waals surface area contributed by atoms with E-state index in [1.165, 1.54) is 10.5 Å². The lowest BCUT2D eigenvalue weighted by atomic mass is 10.1. The van der Waals surface area contributed by atoms with E-state index < -0.39 is 0 Å². The van der Waals surface area contributed by atoms with Crippen molar-refractivity contribution in [1.82, 2.24) is 10.2 Å². The second-order valence-electron chi connectivity index (χ2n) is 3.74. The second kappa shape index (κ2) is 5.62. The van der Waals surface area contributed by atoms with Crippen LogP contribution in [0.5, 0.6) is 0 Å². The predicted molar refractivity (Wildman–Crippen MR) is 72.4 cm³/mol. The molecule has 0 amide bonds. The average Bonchev–Trinajstić information content (AvgIpc) is 2.74. The molecule has 0 saturated carbocycles. The number of aryl methyl sites for hydroxylation is 1. The van der Waals surface area contributed by atoms with Crippen molar-refractivity contribution in [3.63, 3.8) is 0 Å². The van der Waals surface area contributed by atoms with Crippen molar-refractivity contribution >= 4 is 23.1 Å². The summed E-state index contributed by atoms with van der Waals surface area (Å²) in [4.78, 5) is 1.18. The first kappa shape index (κ1) is 12.5. The summed E-state index contributed by atoms with van der Waals surface area (Å²) >= 11 is 3.25. The lowest BCUT2D eigenvalue weighted by molar-refractivity contribution is 0.685. The molecule has 1 atom stereocenters. The van der Waals surface area contributed by atoms with Gasteiger partial charge in [-0.05, 0) is 25.0 Å². The highest BCUT2D eigenvalue weighted by Crippen LogP contribution is 2.34. The fourth-order valence-electron chi connectivity index (χ4n) is 1.51. The fraction of sp³-hybridized carbons (Fsp3) is 0.333. The largest absolute Gasteiger partial charge is 0.324 e. The molecule has 0 aliphatic rings. The Morgan fingerprint density at radius 1 is 1.35 bits per heavy atom. The van der Waals surface area contributed by atoms with Crippen LogP contribution in [0.1, 0.15) is 30.0 Å². The van der Waals surface area contributed by atoms with Gasteiger partial charge in [0.1, 0.15) is 5.01 Å². The summed E-state index contributed by atoms with van der Waals surface area (Å²) in [6.45, 7) is 4.06. The van der Waals surface area contributed by atoms with Gasteiger partial charge in [-0.3, -0.25) is 0 Å². The van der Waals surface area contributed by atoms with Gasteiger partial charge in [-0.2, -0.15) is 0 Å². The SMILES string of the molecule is CC[C@H](N)c1ccccc1Sc1nnc(C)s1. The van der Waals surface area contributed by atoms with Crippen molar-refractivity contribution in [1.29, 1.82) is 0 Å². The van der Waals surface area contributed by atoms with Gasteiger partial charge in [0.05, 0.1) is 0 Å². The van der Waals surface area contributed by atoms with Crippen molar-refractivity contribution in [2.45, 2.75) is 35.5 Å². The monoisotopic (exact) mass is 265 g/mol. The van der Waals surface area contributed by atoms with Crippen molar-refractivity contribution in [2.24, 2.45) is 5.73 Å². The van der Waals surface area contributed by atoms with Gasteiger partial charge in [-0.25, -0.2) is 0 Å². The van der Waals surface area contributed by atoms with E-state index in [1.807, 2.05) is 19.1 Å². The minimum Gasteiger partial charge on any atom is -0.324 e. The summed E-state index contributed by atoms with van der Waals surface area (Å²) in [5, 5.41) is 9.14. The molecule has 0 fully saturated rings. The Bertz CT molecular complexity index is 496. The third kappa shape index (κ3) is 3.06. The molecule has 0 radical (unpaired) electrons. The van der Waals surface area contributed by atoms with E-state index in [0.717, 1.165) is 15.8 Å². The summed E-state index contributed by atoms with van der Waals surface area (Å²) in [6, 6.07) is 8.33. The van der Waals surface area contributed by atoms with Gasteiger partial charge in [-0.15, -0.1) is 10.2 Å². The molecule has 0 bridgehead atoms. The number of nitrogens with two attached hydrogens (primary N) is 1. The third-order valence-corrected chi connectivity index (χ3v) is 4.44. The number of hydrogen-bond donors (Lipinski definition) is 1. The number of benzene rings is 1. The molecular weight excluding hydrogens is 250 g/mol. The first-order chi connectivity index (χ1) is 8.20. The van der Waals surface area contributed by atoms with Crippen molar-refractivity contribution < 1.29 is 0 Å². The van der Waals surface area contributed by atoms with Gasteiger partial charge in [-0.1, -0.05) is 48.2 Å². The summed E-state index contributed by atoms with van der Waals surface area (Å²) in [6.07, 6.45) is 0.937. The summed E-state index contributed by atoms with van der Waals surface area (Å²) in [5.41, 5.74) is 7.30. The molecule has 0 unspecified atom stereocenters. The zero-order chi connectivity index (χ0) is 12.3. The van der Waals surface area contributed by atoms with Crippen LogP contribution in [0.15, 0.2) is 33.5 Å². The Kier molecular flexibility index (Phi) is 4.15. The lowest BCUT2D eigenvalue weighted by Gasteiger charge is -2.13. The Morgan fingerprint density at radius 3 is 2.76 bits per heavy atom. The van der Waals surface area contributed by atoms with Gasteiger partial charge in [0, 0.05) is 10.9 Å². The van der Waals surface area contributed by atoms with Gasteiger partial charge in [0.2, 0.25) is 0 Å². The summed E-state index contributed by atoms with van der Waals surface area (Å²) in [5.74, 6) is 0. The van der Waals surface area contributed by atoms with E-state index in [-0.39, 0.29) is 6.04 Å². The normalized spacial score (nSPS) is 12.6. The van der Waals surface area contributed by atoms with Crippen LogP contribution in [0.2, 0.25) is 0 Å². The molecule has 2 N–H and O–H groups in total. The van der Waals surface area contributed by atoms with Crippen molar-refractivity contribution in [3.8, 4) is 0 Å². The standard InChI is InChI=1S/C12H15N3S2/c1-3-10(13)9-6-4-5-7-11(9)17-12-15-14-8(2)16-12/h4-7,10H,3,13H2,1-2H3/t10-/m0/s1. The van der Waals surface area contributed by atoms with Crippen LogP contribution in [0.4, 0.5) is 0 Å². The number of rotatable bonds is 4. The molecule has 5 heteroatoms. The minimum atomic E-state index is 0.0905. The molecule has 2 rings (SSSR count). The Morgan fingerprint density at radius 2 is 2.12 bits per heavy atom. The van der Waals surface area contributed by atoms with Crippen molar-refractivity contribution in [3.05, 3.63) is 34.8 Å². The molecule has 2 aromatic rings. The van der Waals surface area contributed by atoms with Crippen LogP contribution in [0.25, 0.3) is 0 Å². The van der Waals surface area contributed by atoms with Crippen LogP contribution < -0.4 is 5.73 Å². The molecule has 1 heterocycles. The zero-order valence-electron chi connectivity index (χ0n) is 9.88. The van der Waals surface area contributed by atoms with Crippen LogP contribution >= 0.6 is 23.1 Å². The minimum absolute atomic E-state index is 0.0905. The van der Waals surface area contributed by atoms with E-state index in [1.54, 1.807) is 23.1 Å². The molecule has 0 spiro atoms. The zero-order valence-corrected chi connectivity index (χ0v) is 11.5.